The van der Waals surface area contributed by atoms with Gasteiger partial charge in [0.25, 0.3) is 5.91 Å². The van der Waals surface area contributed by atoms with E-state index in [2.05, 4.69) is 21.6 Å². The molecule has 0 radical (unpaired) electrons. The molecule has 0 unspecified atom stereocenters. The predicted molar refractivity (Wildman–Crippen MR) is 109 cm³/mol. The van der Waals surface area contributed by atoms with Crippen LogP contribution in [0.3, 0.4) is 0 Å². The highest BCUT2D eigenvalue weighted by molar-refractivity contribution is 5.99. The molecule has 0 bridgehead atoms. The van der Waals surface area contributed by atoms with Crippen molar-refractivity contribution in [2.45, 2.75) is 19.4 Å². The number of piperazine rings is 1. The zero-order valence-corrected chi connectivity index (χ0v) is 16.8. The summed E-state index contributed by atoms with van der Waals surface area (Å²) < 4.78 is 4.82. The lowest BCUT2D eigenvalue weighted by Crippen LogP contribution is -2.48. The Morgan fingerprint density at radius 2 is 2.03 bits per heavy atom. The third-order valence-electron chi connectivity index (χ3n) is 5.19. The van der Waals surface area contributed by atoms with Gasteiger partial charge in [-0.1, -0.05) is 6.07 Å². The fourth-order valence-corrected chi connectivity index (χ4v) is 3.57. The molecule has 4 N–H and O–H groups in total. The standard InChI is InChI=1S/C20H29N5O4/c1-2-29-20(28)17(21)12-23-18(26)13-25-8-5-14-3-4-15(11-16(14)19(25)27)24-9-6-22-7-10-24/h3-4,11,17,22H,2,5-10,12-13,21H2,1H3,(H,23,26)/t17-/m0/s1. The summed E-state index contributed by atoms with van der Waals surface area (Å²) in [5.74, 6) is -1.05. The number of rotatable bonds is 7. The van der Waals surface area contributed by atoms with Crippen molar-refractivity contribution in [3.05, 3.63) is 29.3 Å². The van der Waals surface area contributed by atoms with E-state index in [1.807, 2.05) is 12.1 Å². The molecule has 1 aromatic carbocycles. The summed E-state index contributed by atoms with van der Waals surface area (Å²) in [6, 6.07) is 5.10. The fraction of sp³-hybridized carbons (Fsp3) is 0.550. The molecule has 9 nitrogen and oxygen atoms in total. The average Bonchev–Trinajstić information content (AvgIpc) is 2.74. The lowest BCUT2D eigenvalue weighted by molar-refractivity contribution is -0.144. The van der Waals surface area contributed by atoms with Crippen LogP contribution in [0.1, 0.15) is 22.8 Å². The fourth-order valence-electron chi connectivity index (χ4n) is 3.57. The summed E-state index contributed by atoms with van der Waals surface area (Å²) in [5.41, 5.74) is 8.38. The molecular weight excluding hydrogens is 374 g/mol. The number of anilines is 1. The number of carbonyl (C=O) groups is 3. The molecule has 0 aliphatic carbocycles. The molecular formula is C20H29N5O4. The van der Waals surface area contributed by atoms with E-state index in [-0.39, 0.29) is 31.5 Å². The summed E-state index contributed by atoms with van der Waals surface area (Å²) in [6.45, 7) is 5.97. The van der Waals surface area contributed by atoms with Gasteiger partial charge in [-0.15, -0.1) is 0 Å². The maximum absolute atomic E-state index is 12.9. The monoisotopic (exact) mass is 403 g/mol. The zero-order chi connectivity index (χ0) is 20.8. The van der Waals surface area contributed by atoms with Crippen molar-refractivity contribution in [2.75, 3.05) is 57.3 Å². The number of nitrogens with two attached hydrogens (primary N) is 1. The van der Waals surface area contributed by atoms with Crippen molar-refractivity contribution < 1.29 is 19.1 Å². The minimum absolute atomic E-state index is 0.0244. The third kappa shape index (κ3) is 5.24. The first-order chi connectivity index (χ1) is 14.0. The first-order valence-electron chi connectivity index (χ1n) is 10.1. The van der Waals surface area contributed by atoms with Gasteiger partial charge < -0.3 is 30.9 Å². The Kier molecular flexibility index (Phi) is 7.05. The normalized spacial score (nSPS) is 17.5. The van der Waals surface area contributed by atoms with Gasteiger partial charge in [-0.3, -0.25) is 14.4 Å². The smallest absolute Gasteiger partial charge is 0.324 e. The molecule has 1 aromatic rings. The molecule has 0 saturated carbocycles. The van der Waals surface area contributed by atoms with Crippen molar-refractivity contribution in [1.82, 2.24) is 15.5 Å². The van der Waals surface area contributed by atoms with E-state index in [0.717, 1.165) is 37.4 Å². The molecule has 3 rings (SSSR count). The Balaban J connectivity index is 1.58. The molecule has 9 heteroatoms. The summed E-state index contributed by atoms with van der Waals surface area (Å²) in [4.78, 5) is 40.5. The van der Waals surface area contributed by atoms with Crippen LogP contribution in [-0.4, -0.2) is 81.1 Å². The minimum Gasteiger partial charge on any atom is -0.465 e. The van der Waals surface area contributed by atoms with Crippen LogP contribution in [0.5, 0.6) is 0 Å². The largest absolute Gasteiger partial charge is 0.465 e. The first-order valence-corrected chi connectivity index (χ1v) is 10.1. The first kappa shape index (κ1) is 21.1. The van der Waals surface area contributed by atoms with Crippen LogP contribution < -0.4 is 21.3 Å². The van der Waals surface area contributed by atoms with Gasteiger partial charge in [-0.05, 0) is 31.0 Å². The van der Waals surface area contributed by atoms with Gasteiger partial charge in [0.1, 0.15) is 6.04 Å². The van der Waals surface area contributed by atoms with E-state index < -0.39 is 12.0 Å². The SMILES string of the molecule is CCOC(=O)[C@@H](N)CNC(=O)CN1CCc2ccc(N3CCNCC3)cc2C1=O. The van der Waals surface area contributed by atoms with Crippen LogP contribution >= 0.6 is 0 Å². The second-order valence-electron chi connectivity index (χ2n) is 7.22. The quantitative estimate of drug-likeness (QED) is 0.505. The van der Waals surface area contributed by atoms with Crippen LogP contribution in [0.4, 0.5) is 5.69 Å². The number of fused-ring (bicyclic) bond motifs is 1. The Labute approximate surface area is 170 Å². The Morgan fingerprint density at radius 1 is 1.28 bits per heavy atom. The minimum atomic E-state index is -0.918. The van der Waals surface area contributed by atoms with E-state index in [9.17, 15) is 14.4 Å². The summed E-state index contributed by atoms with van der Waals surface area (Å²) >= 11 is 0. The van der Waals surface area contributed by atoms with Crippen LogP contribution in [0.25, 0.3) is 0 Å². The van der Waals surface area contributed by atoms with Crippen LogP contribution in [0.2, 0.25) is 0 Å². The number of carbonyl (C=O) groups excluding carboxylic acids is 3. The summed E-state index contributed by atoms with van der Waals surface area (Å²) in [6.07, 6.45) is 0.707. The van der Waals surface area contributed by atoms with E-state index in [1.54, 1.807) is 6.92 Å². The van der Waals surface area contributed by atoms with Crippen molar-refractivity contribution in [3.8, 4) is 0 Å². The van der Waals surface area contributed by atoms with E-state index in [1.165, 1.54) is 4.90 Å². The average molecular weight is 403 g/mol. The van der Waals surface area contributed by atoms with E-state index in [4.69, 9.17) is 10.5 Å². The van der Waals surface area contributed by atoms with Gasteiger partial charge in [0, 0.05) is 50.5 Å². The number of ether oxygens (including phenoxy) is 1. The molecule has 1 saturated heterocycles. The Bertz CT molecular complexity index is 763. The second-order valence-corrected chi connectivity index (χ2v) is 7.22. The van der Waals surface area contributed by atoms with E-state index >= 15 is 0 Å². The topological polar surface area (TPSA) is 117 Å². The molecule has 2 amide bonds. The third-order valence-corrected chi connectivity index (χ3v) is 5.19. The molecule has 0 spiro atoms. The van der Waals surface area contributed by atoms with Gasteiger partial charge in [-0.2, -0.15) is 0 Å². The van der Waals surface area contributed by atoms with Gasteiger partial charge >= 0.3 is 5.97 Å². The van der Waals surface area contributed by atoms with Crippen molar-refractivity contribution in [3.63, 3.8) is 0 Å². The van der Waals surface area contributed by atoms with Crippen LogP contribution in [0.15, 0.2) is 18.2 Å². The van der Waals surface area contributed by atoms with Crippen LogP contribution in [-0.2, 0) is 20.7 Å². The van der Waals surface area contributed by atoms with Gasteiger partial charge in [0.2, 0.25) is 5.91 Å². The number of amides is 2. The zero-order valence-electron chi connectivity index (χ0n) is 16.8. The van der Waals surface area contributed by atoms with Crippen molar-refractivity contribution in [2.24, 2.45) is 5.73 Å². The molecule has 158 valence electrons. The highest BCUT2D eigenvalue weighted by Gasteiger charge is 2.27. The Hall–Kier alpha value is -2.65. The number of nitrogens with one attached hydrogen (secondary N) is 2. The van der Waals surface area contributed by atoms with E-state index in [0.29, 0.717) is 18.5 Å². The molecule has 2 heterocycles. The highest BCUT2D eigenvalue weighted by Crippen LogP contribution is 2.25. The number of esters is 1. The molecule has 2 aliphatic rings. The number of benzene rings is 1. The number of hydrogen-bond acceptors (Lipinski definition) is 7. The molecule has 2 aliphatic heterocycles. The summed E-state index contributed by atoms with van der Waals surface area (Å²) in [5, 5.41) is 5.92. The van der Waals surface area contributed by atoms with Gasteiger partial charge in [0.05, 0.1) is 13.2 Å². The van der Waals surface area contributed by atoms with Gasteiger partial charge in [0.15, 0.2) is 0 Å². The number of hydrogen-bond donors (Lipinski definition) is 3. The number of nitrogens with zero attached hydrogens (tertiary/aromatic N) is 2. The van der Waals surface area contributed by atoms with Crippen LogP contribution in [0, 0.1) is 0 Å². The van der Waals surface area contributed by atoms with Crippen molar-refractivity contribution in [1.29, 1.82) is 0 Å². The maximum atomic E-state index is 12.9. The lowest BCUT2D eigenvalue weighted by atomic mass is 9.98. The lowest BCUT2D eigenvalue weighted by Gasteiger charge is -2.32. The Morgan fingerprint density at radius 3 is 2.76 bits per heavy atom. The van der Waals surface area contributed by atoms with Gasteiger partial charge in [-0.25, -0.2) is 0 Å². The molecule has 29 heavy (non-hydrogen) atoms. The summed E-state index contributed by atoms with van der Waals surface area (Å²) in [7, 11) is 0. The predicted octanol–water partition coefficient (Wildman–Crippen LogP) is -0.899. The second kappa shape index (κ2) is 9.71. The maximum Gasteiger partial charge on any atom is 0.324 e. The van der Waals surface area contributed by atoms with Crippen molar-refractivity contribution >= 4 is 23.5 Å². The molecule has 1 atom stereocenters. The molecule has 0 aromatic heterocycles. The molecule has 1 fully saturated rings. The highest BCUT2D eigenvalue weighted by atomic mass is 16.5.